The van der Waals surface area contributed by atoms with Gasteiger partial charge in [-0.05, 0) is 6.42 Å². The van der Waals surface area contributed by atoms with Gasteiger partial charge in [0.1, 0.15) is 0 Å². The highest BCUT2D eigenvalue weighted by atomic mass is 35.5. The molecule has 3 heteroatoms. The molecular weight excluding hydrogens is 103 g/mol. The first kappa shape index (κ1) is 9.51. The Balaban J connectivity index is 0. The van der Waals surface area contributed by atoms with Gasteiger partial charge in [-0.1, -0.05) is 6.92 Å². The highest BCUT2D eigenvalue weighted by Gasteiger charge is 1.57. The predicted molar refractivity (Wildman–Crippen MR) is 25.4 cm³/mol. The molecular formula is C3H9ClO2. The maximum Gasteiger partial charge on any atom is 0.0579 e. The molecule has 0 aromatic rings. The minimum Gasteiger partial charge on any atom is -0.396 e. The molecule has 0 aromatic heterocycles. The first-order valence-electron chi connectivity index (χ1n) is 1.69. The zero-order valence-electron chi connectivity index (χ0n) is 3.69. The van der Waals surface area contributed by atoms with Crippen LogP contribution < -0.4 is 0 Å². The zero-order valence-corrected chi connectivity index (χ0v) is 4.44. The third-order valence-electron chi connectivity index (χ3n) is 0.224. The molecule has 0 aliphatic carbocycles. The van der Waals surface area contributed by atoms with E-state index in [2.05, 4.69) is 11.9 Å². The number of halogens is 1. The fraction of sp³-hybridized carbons (Fsp3) is 1.00. The summed E-state index contributed by atoms with van der Waals surface area (Å²) in [7, 11) is 0. The lowest BCUT2D eigenvalue weighted by molar-refractivity contribution is 0.295. The molecule has 6 heavy (non-hydrogen) atoms. The number of aliphatic hydroxyl groups excluding tert-OH is 1. The van der Waals surface area contributed by atoms with E-state index < -0.39 is 0 Å². The molecule has 0 aliphatic rings. The number of rotatable bonds is 1. The second-order valence-electron chi connectivity index (χ2n) is 0.724. The predicted octanol–water partition coefficient (Wildman–Crippen LogP) is 0.521. The summed E-state index contributed by atoms with van der Waals surface area (Å²) in [5, 5.41) is 7.88. The Morgan fingerprint density at radius 3 is 1.67 bits per heavy atom. The van der Waals surface area contributed by atoms with Crippen molar-refractivity contribution in [3.05, 3.63) is 0 Å². The molecule has 0 radical (unpaired) electrons. The lowest BCUT2D eigenvalue weighted by Gasteiger charge is -1.69. The summed E-state index contributed by atoms with van der Waals surface area (Å²) >= 11 is 3.64. The van der Waals surface area contributed by atoms with Crippen LogP contribution in [0.15, 0.2) is 0 Å². The summed E-state index contributed by atoms with van der Waals surface area (Å²) in [6.07, 6.45) is 0.875. The molecule has 2 N–H and O–H groups in total. The first-order chi connectivity index (χ1) is 2.91. The molecule has 0 aromatic carbocycles. The van der Waals surface area contributed by atoms with Crippen molar-refractivity contribution in [3.63, 3.8) is 0 Å². The van der Waals surface area contributed by atoms with Crippen molar-refractivity contribution in [2.24, 2.45) is 0 Å². The van der Waals surface area contributed by atoms with E-state index in [1.54, 1.807) is 0 Å². The Kier molecular flexibility index (Phi) is 30.0. The quantitative estimate of drug-likeness (QED) is 0.519. The second kappa shape index (κ2) is 18.9. The van der Waals surface area contributed by atoms with Crippen molar-refractivity contribution in [2.45, 2.75) is 13.3 Å². The summed E-state index contributed by atoms with van der Waals surface area (Å²) in [5.41, 5.74) is 0. The van der Waals surface area contributed by atoms with Gasteiger partial charge in [0.2, 0.25) is 0 Å². The second-order valence-corrected chi connectivity index (χ2v) is 0.724. The minimum absolute atomic E-state index is 0.319. The van der Waals surface area contributed by atoms with Gasteiger partial charge in [-0.15, -0.1) is 0 Å². The van der Waals surface area contributed by atoms with Crippen molar-refractivity contribution in [3.8, 4) is 0 Å². The number of hydrogen-bond acceptors (Lipinski definition) is 2. The lowest BCUT2D eigenvalue weighted by Crippen LogP contribution is -1.69. The fourth-order valence-electron chi connectivity index (χ4n) is 0. The molecule has 0 amide bonds. The lowest BCUT2D eigenvalue weighted by atomic mass is 10.5. The summed E-state index contributed by atoms with van der Waals surface area (Å²) in [4.78, 5) is 0. The van der Waals surface area contributed by atoms with E-state index in [1.807, 2.05) is 6.92 Å². The highest BCUT2D eigenvalue weighted by Crippen LogP contribution is 1.61. The third-order valence-corrected chi connectivity index (χ3v) is 0.224. The average molecular weight is 113 g/mol. The Labute approximate surface area is 42.5 Å². The summed E-state index contributed by atoms with van der Waals surface area (Å²) in [6, 6.07) is 0. The zero-order chi connectivity index (χ0) is 5.41. The number of hydrogen-bond donors (Lipinski definition) is 2. The Hall–Kier alpha value is 0.210. The van der Waals surface area contributed by atoms with Gasteiger partial charge >= 0.3 is 0 Å². The van der Waals surface area contributed by atoms with E-state index in [4.69, 9.17) is 9.77 Å². The normalized spacial score (nSPS) is 6.00. The highest BCUT2D eigenvalue weighted by molar-refractivity contribution is 6.04. The molecule has 0 atom stereocenters. The van der Waals surface area contributed by atoms with E-state index >= 15 is 0 Å². The summed E-state index contributed by atoms with van der Waals surface area (Å²) in [5.74, 6) is 0. The van der Waals surface area contributed by atoms with Gasteiger partial charge in [0.25, 0.3) is 0 Å². The maximum atomic E-state index is 7.88. The average Bonchev–Trinajstić information content (AvgIpc) is 1.72. The van der Waals surface area contributed by atoms with Crippen LogP contribution in [0.2, 0.25) is 0 Å². The van der Waals surface area contributed by atoms with Crippen LogP contribution in [-0.2, 0) is 0 Å². The molecule has 0 aliphatic heterocycles. The van der Waals surface area contributed by atoms with Crippen molar-refractivity contribution in [2.75, 3.05) is 6.61 Å². The molecule has 0 bridgehead atoms. The van der Waals surface area contributed by atoms with Crippen molar-refractivity contribution in [1.82, 2.24) is 0 Å². The van der Waals surface area contributed by atoms with E-state index in [-0.39, 0.29) is 0 Å². The maximum absolute atomic E-state index is 7.88. The Bertz CT molecular complexity index is 10.8. The molecule has 0 saturated carbocycles. The SMILES string of the molecule is CCCO.OCl. The first-order valence-corrected chi connectivity index (χ1v) is 2.03. The number of aliphatic hydroxyl groups is 1. The molecule has 40 valence electrons. The van der Waals surface area contributed by atoms with Gasteiger partial charge in [0.05, 0.1) is 11.9 Å². The van der Waals surface area contributed by atoms with Gasteiger partial charge < -0.3 is 5.11 Å². The van der Waals surface area contributed by atoms with Crippen molar-refractivity contribution < 1.29 is 9.77 Å². The Morgan fingerprint density at radius 1 is 1.50 bits per heavy atom. The van der Waals surface area contributed by atoms with Crippen molar-refractivity contribution >= 4 is 11.9 Å². The van der Waals surface area contributed by atoms with Gasteiger partial charge in [0.15, 0.2) is 0 Å². The fourth-order valence-corrected chi connectivity index (χ4v) is 0. The van der Waals surface area contributed by atoms with Crippen LogP contribution in [0.5, 0.6) is 0 Å². The van der Waals surface area contributed by atoms with E-state index in [9.17, 15) is 0 Å². The summed E-state index contributed by atoms with van der Waals surface area (Å²) in [6.45, 7) is 2.25. The van der Waals surface area contributed by atoms with Crippen LogP contribution in [0.25, 0.3) is 0 Å². The van der Waals surface area contributed by atoms with Gasteiger partial charge in [-0.25, -0.2) is 0 Å². The van der Waals surface area contributed by atoms with Gasteiger partial charge in [0, 0.05) is 6.61 Å². The monoisotopic (exact) mass is 112 g/mol. The molecule has 0 spiro atoms. The van der Waals surface area contributed by atoms with Crippen LogP contribution in [0.1, 0.15) is 13.3 Å². The van der Waals surface area contributed by atoms with Crippen LogP contribution in [0.4, 0.5) is 0 Å². The van der Waals surface area contributed by atoms with Crippen LogP contribution >= 0.6 is 11.9 Å². The van der Waals surface area contributed by atoms with E-state index in [0.717, 1.165) is 6.42 Å². The standard InChI is InChI=1S/C3H8O.ClHO/c1-2-3-4;1-2/h4H,2-3H2,1H3;2H. The Morgan fingerprint density at radius 2 is 1.67 bits per heavy atom. The van der Waals surface area contributed by atoms with Gasteiger partial charge in [-0.3, -0.25) is 4.66 Å². The molecule has 0 rings (SSSR count). The van der Waals surface area contributed by atoms with Crippen molar-refractivity contribution in [1.29, 1.82) is 0 Å². The van der Waals surface area contributed by atoms with Gasteiger partial charge in [-0.2, -0.15) is 0 Å². The molecule has 0 fully saturated rings. The smallest absolute Gasteiger partial charge is 0.0579 e. The molecule has 0 saturated heterocycles. The van der Waals surface area contributed by atoms with Crippen LogP contribution in [0, 0.1) is 0 Å². The summed E-state index contributed by atoms with van der Waals surface area (Å²) < 4.78 is 6.47. The minimum atomic E-state index is 0.319. The molecule has 0 heterocycles. The van der Waals surface area contributed by atoms with E-state index in [1.165, 1.54) is 0 Å². The van der Waals surface area contributed by atoms with E-state index in [0.29, 0.717) is 6.61 Å². The topological polar surface area (TPSA) is 40.5 Å². The van der Waals surface area contributed by atoms with Crippen LogP contribution in [-0.4, -0.2) is 16.4 Å². The largest absolute Gasteiger partial charge is 0.396 e. The third kappa shape index (κ3) is 29.6. The molecule has 0 unspecified atom stereocenters. The molecule has 2 nitrogen and oxygen atoms in total. The van der Waals surface area contributed by atoms with Crippen LogP contribution in [0.3, 0.4) is 0 Å².